The largest absolute Gasteiger partial charge is 0.425 e. The Morgan fingerprint density at radius 3 is 2.61 bits per heavy atom. The van der Waals surface area contributed by atoms with Crippen molar-refractivity contribution < 1.29 is 27.5 Å². The van der Waals surface area contributed by atoms with E-state index in [9.17, 15) is 22.8 Å². The Morgan fingerprint density at radius 1 is 1.10 bits per heavy atom. The third-order valence-corrected chi connectivity index (χ3v) is 5.52. The predicted molar refractivity (Wildman–Crippen MR) is 113 cm³/mol. The SMILES string of the molecule is Cc1ccc(NC(=O)c2cccc(C(F)(F)F)c2)cc1-c1cc(Br)c2c(c1)CC(=O)O2. The van der Waals surface area contributed by atoms with E-state index in [2.05, 4.69) is 21.2 Å². The summed E-state index contributed by atoms with van der Waals surface area (Å²) >= 11 is 3.42. The van der Waals surface area contributed by atoms with E-state index in [-0.39, 0.29) is 18.0 Å². The number of carbonyl (C=O) groups excluding carboxylic acids is 2. The second-order valence-electron chi connectivity index (χ2n) is 7.16. The van der Waals surface area contributed by atoms with Crippen LogP contribution in [0.1, 0.15) is 27.0 Å². The molecule has 0 saturated carbocycles. The summed E-state index contributed by atoms with van der Waals surface area (Å²) in [6.07, 6.45) is -4.35. The number of nitrogens with one attached hydrogen (secondary N) is 1. The molecule has 3 aromatic rings. The number of anilines is 1. The van der Waals surface area contributed by atoms with E-state index in [1.54, 1.807) is 18.2 Å². The summed E-state index contributed by atoms with van der Waals surface area (Å²) in [4.78, 5) is 24.1. The zero-order valence-electron chi connectivity index (χ0n) is 16.1. The van der Waals surface area contributed by atoms with Crippen molar-refractivity contribution in [2.45, 2.75) is 19.5 Å². The molecule has 0 radical (unpaired) electrons. The third-order valence-electron chi connectivity index (χ3n) is 4.93. The molecule has 1 aliphatic rings. The first-order chi connectivity index (χ1) is 14.6. The van der Waals surface area contributed by atoms with Gasteiger partial charge in [0.2, 0.25) is 0 Å². The molecule has 0 spiro atoms. The van der Waals surface area contributed by atoms with E-state index in [1.165, 1.54) is 12.1 Å². The highest BCUT2D eigenvalue weighted by Crippen LogP contribution is 2.39. The van der Waals surface area contributed by atoms with Gasteiger partial charge in [0.05, 0.1) is 16.5 Å². The summed E-state index contributed by atoms with van der Waals surface area (Å²) < 4.78 is 44.6. The maximum Gasteiger partial charge on any atom is 0.416 e. The van der Waals surface area contributed by atoms with E-state index in [4.69, 9.17) is 4.74 Å². The van der Waals surface area contributed by atoms with Crippen LogP contribution in [-0.2, 0) is 17.4 Å². The monoisotopic (exact) mass is 489 g/mol. The van der Waals surface area contributed by atoms with Crippen LogP contribution < -0.4 is 10.1 Å². The number of carbonyl (C=O) groups is 2. The number of hydrogen-bond acceptors (Lipinski definition) is 3. The van der Waals surface area contributed by atoms with Crippen molar-refractivity contribution in [3.05, 3.63) is 81.3 Å². The number of rotatable bonds is 3. The molecule has 8 heteroatoms. The van der Waals surface area contributed by atoms with Crippen LogP contribution in [0, 0.1) is 6.92 Å². The summed E-state index contributed by atoms with van der Waals surface area (Å²) in [7, 11) is 0. The highest BCUT2D eigenvalue weighted by Gasteiger charge is 2.31. The Balaban J connectivity index is 1.64. The van der Waals surface area contributed by atoms with Gasteiger partial charge in [-0.25, -0.2) is 0 Å². The Kier molecular flexibility index (Phi) is 5.35. The first-order valence-electron chi connectivity index (χ1n) is 9.24. The topological polar surface area (TPSA) is 55.4 Å². The second-order valence-corrected chi connectivity index (χ2v) is 8.01. The van der Waals surface area contributed by atoms with Crippen LogP contribution in [0.3, 0.4) is 0 Å². The van der Waals surface area contributed by atoms with Crippen molar-refractivity contribution in [1.82, 2.24) is 0 Å². The lowest BCUT2D eigenvalue weighted by Crippen LogP contribution is -2.14. The van der Waals surface area contributed by atoms with Crippen molar-refractivity contribution in [3.8, 4) is 16.9 Å². The van der Waals surface area contributed by atoms with Crippen LogP contribution in [0.4, 0.5) is 18.9 Å². The van der Waals surface area contributed by atoms with Crippen molar-refractivity contribution in [1.29, 1.82) is 0 Å². The zero-order valence-corrected chi connectivity index (χ0v) is 17.7. The maximum absolute atomic E-state index is 12.9. The lowest BCUT2D eigenvalue weighted by atomic mass is 9.97. The minimum absolute atomic E-state index is 0.0899. The molecule has 158 valence electrons. The van der Waals surface area contributed by atoms with Crippen LogP contribution in [0.2, 0.25) is 0 Å². The standard InChI is InChI=1S/C23H15BrF3NO3/c1-12-5-6-17(28-22(30)13-3-2-4-16(8-13)23(25,26)27)11-18(12)14-7-15-10-20(29)31-21(15)19(24)9-14/h2-9,11H,10H2,1H3,(H,28,30). The molecule has 0 aromatic heterocycles. The van der Waals surface area contributed by atoms with Gasteiger partial charge in [0, 0.05) is 16.8 Å². The van der Waals surface area contributed by atoms with Crippen molar-refractivity contribution in [3.63, 3.8) is 0 Å². The molecular formula is C23H15BrF3NO3. The van der Waals surface area contributed by atoms with Gasteiger partial charge in [0.25, 0.3) is 5.91 Å². The van der Waals surface area contributed by atoms with Gasteiger partial charge in [0.1, 0.15) is 5.75 Å². The van der Waals surface area contributed by atoms with Gasteiger partial charge >= 0.3 is 12.1 Å². The molecular weight excluding hydrogens is 475 g/mol. The normalized spacial score (nSPS) is 13.0. The number of amides is 1. The van der Waals surface area contributed by atoms with Gasteiger partial charge in [-0.15, -0.1) is 0 Å². The highest BCUT2D eigenvalue weighted by molar-refractivity contribution is 9.10. The van der Waals surface area contributed by atoms with Crippen LogP contribution in [-0.4, -0.2) is 11.9 Å². The number of aryl methyl sites for hydroxylation is 1. The molecule has 4 nitrogen and oxygen atoms in total. The molecule has 0 aliphatic carbocycles. The Labute approximate surface area is 184 Å². The van der Waals surface area contributed by atoms with E-state index in [1.807, 2.05) is 19.1 Å². The molecule has 1 heterocycles. The average molecular weight is 490 g/mol. The molecule has 31 heavy (non-hydrogen) atoms. The smallest absolute Gasteiger partial charge is 0.416 e. The molecule has 3 aromatic carbocycles. The van der Waals surface area contributed by atoms with Crippen LogP contribution >= 0.6 is 15.9 Å². The van der Waals surface area contributed by atoms with Crippen molar-refractivity contribution in [2.24, 2.45) is 0 Å². The molecule has 0 atom stereocenters. The Bertz CT molecular complexity index is 1220. The lowest BCUT2D eigenvalue weighted by Gasteiger charge is -2.13. The Morgan fingerprint density at radius 2 is 1.87 bits per heavy atom. The first-order valence-corrected chi connectivity index (χ1v) is 10.0. The number of halogens is 4. The van der Waals surface area contributed by atoms with E-state index in [0.717, 1.165) is 34.4 Å². The van der Waals surface area contributed by atoms with Gasteiger partial charge in [-0.3, -0.25) is 9.59 Å². The summed E-state index contributed by atoms with van der Waals surface area (Å²) in [6.45, 7) is 1.90. The fourth-order valence-electron chi connectivity index (χ4n) is 3.41. The number of benzene rings is 3. The molecule has 4 rings (SSSR count). The summed E-state index contributed by atoms with van der Waals surface area (Å²) in [6, 6.07) is 13.2. The fourth-order valence-corrected chi connectivity index (χ4v) is 3.99. The van der Waals surface area contributed by atoms with Crippen LogP contribution in [0.5, 0.6) is 5.75 Å². The van der Waals surface area contributed by atoms with Gasteiger partial charge in [-0.1, -0.05) is 12.1 Å². The number of esters is 1. The molecule has 0 bridgehead atoms. The minimum Gasteiger partial charge on any atom is -0.425 e. The molecule has 1 amide bonds. The third kappa shape index (κ3) is 4.34. The summed E-state index contributed by atoms with van der Waals surface area (Å²) in [5.74, 6) is -0.470. The zero-order chi connectivity index (χ0) is 22.3. The van der Waals surface area contributed by atoms with Crippen molar-refractivity contribution in [2.75, 3.05) is 5.32 Å². The highest BCUT2D eigenvalue weighted by atomic mass is 79.9. The van der Waals surface area contributed by atoms with Crippen molar-refractivity contribution >= 4 is 33.5 Å². The number of ether oxygens (including phenoxy) is 1. The molecule has 1 N–H and O–H groups in total. The Hall–Kier alpha value is -3.13. The lowest BCUT2D eigenvalue weighted by molar-refractivity contribution is -0.137. The van der Waals surface area contributed by atoms with E-state index < -0.39 is 17.6 Å². The summed E-state index contributed by atoms with van der Waals surface area (Å²) in [5, 5.41) is 2.65. The molecule has 1 aliphatic heterocycles. The number of hydrogen-bond donors (Lipinski definition) is 1. The number of alkyl halides is 3. The van der Waals surface area contributed by atoms with Gasteiger partial charge in [0.15, 0.2) is 0 Å². The quantitative estimate of drug-likeness (QED) is 0.354. The van der Waals surface area contributed by atoms with Crippen LogP contribution in [0.25, 0.3) is 11.1 Å². The molecule has 0 unspecified atom stereocenters. The maximum atomic E-state index is 12.9. The van der Waals surface area contributed by atoms with Crippen LogP contribution in [0.15, 0.2) is 59.1 Å². The van der Waals surface area contributed by atoms with E-state index >= 15 is 0 Å². The predicted octanol–water partition coefficient (Wildman–Crippen LogP) is 6.16. The second kappa shape index (κ2) is 7.85. The first kappa shape index (κ1) is 21.1. The van der Waals surface area contributed by atoms with Gasteiger partial charge in [-0.05, 0) is 82.0 Å². The fraction of sp³-hybridized carbons (Fsp3) is 0.130. The van der Waals surface area contributed by atoms with E-state index in [0.29, 0.717) is 15.9 Å². The molecule has 0 saturated heterocycles. The average Bonchev–Trinajstić information content (AvgIpc) is 3.09. The summed E-state index contributed by atoms with van der Waals surface area (Å²) in [5.41, 5.74) is 2.77. The van der Waals surface area contributed by atoms with Gasteiger partial charge in [-0.2, -0.15) is 13.2 Å². The minimum atomic E-state index is -4.53. The molecule has 0 fully saturated rings. The van der Waals surface area contributed by atoms with Gasteiger partial charge < -0.3 is 10.1 Å². The number of fused-ring (bicyclic) bond motifs is 1.